The highest BCUT2D eigenvalue weighted by molar-refractivity contribution is 5.50. The standard InChI is InChI=1S/C10H10F3NO.C3H8.C2H2/c1-3-14(2)8-4-6-9(7-5-8)15-10(11,12)13;1-3-2;1-2/h3-7H,1H2,2H3;3H2,1-2H3;1-2H. The number of terminal acetylenes is 1. The highest BCUT2D eigenvalue weighted by Gasteiger charge is 2.30. The molecule has 0 atom stereocenters. The molecule has 2 nitrogen and oxygen atoms in total. The van der Waals surface area contributed by atoms with E-state index in [-0.39, 0.29) is 5.75 Å². The maximum atomic E-state index is 11.8. The van der Waals surface area contributed by atoms with Crippen LogP contribution in [0.4, 0.5) is 18.9 Å². The van der Waals surface area contributed by atoms with E-state index in [2.05, 4.69) is 38.0 Å². The zero-order valence-corrected chi connectivity index (χ0v) is 11.9. The van der Waals surface area contributed by atoms with Gasteiger partial charge in [-0.25, -0.2) is 0 Å². The van der Waals surface area contributed by atoms with Crippen LogP contribution in [0.5, 0.6) is 5.75 Å². The zero-order chi connectivity index (χ0) is 16.2. The summed E-state index contributed by atoms with van der Waals surface area (Å²) >= 11 is 0. The van der Waals surface area contributed by atoms with Crippen LogP contribution in [0.15, 0.2) is 37.0 Å². The van der Waals surface area contributed by atoms with E-state index in [1.165, 1.54) is 30.7 Å². The predicted molar refractivity (Wildman–Crippen MR) is 77.6 cm³/mol. The smallest absolute Gasteiger partial charge is 0.406 e. The second-order valence-electron chi connectivity index (χ2n) is 3.54. The number of anilines is 1. The van der Waals surface area contributed by atoms with Gasteiger partial charge in [0.05, 0.1) is 0 Å². The van der Waals surface area contributed by atoms with Crippen LogP contribution in [-0.4, -0.2) is 13.4 Å². The van der Waals surface area contributed by atoms with Crippen LogP contribution in [0, 0.1) is 12.8 Å². The normalized spacial score (nSPS) is 9.20. The van der Waals surface area contributed by atoms with E-state index in [4.69, 9.17) is 0 Å². The lowest BCUT2D eigenvalue weighted by Gasteiger charge is -2.14. The molecule has 0 aliphatic heterocycles. The average molecular weight is 287 g/mol. The van der Waals surface area contributed by atoms with E-state index >= 15 is 0 Å². The highest BCUT2D eigenvalue weighted by Crippen LogP contribution is 2.24. The molecule has 0 unspecified atom stereocenters. The summed E-state index contributed by atoms with van der Waals surface area (Å²) in [7, 11) is 1.74. The third kappa shape index (κ3) is 9.89. The molecule has 0 aliphatic carbocycles. The first-order valence-corrected chi connectivity index (χ1v) is 5.88. The van der Waals surface area contributed by atoms with Crippen molar-refractivity contribution < 1.29 is 17.9 Å². The fourth-order valence-corrected chi connectivity index (χ4v) is 0.988. The third-order valence-electron chi connectivity index (χ3n) is 1.75. The highest BCUT2D eigenvalue weighted by atomic mass is 19.4. The van der Waals surface area contributed by atoms with Gasteiger partial charge in [-0.05, 0) is 30.5 Å². The van der Waals surface area contributed by atoms with Gasteiger partial charge in [0.25, 0.3) is 0 Å². The summed E-state index contributed by atoms with van der Waals surface area (Å²) in [6.45, 7) is 7.78. The molecule has 112 valence electrons. The molecule has 0 bridgehead atoms. The Morgan fingerprint density at radius 1 is 1.20 bits per heavy atom. The second-order valence-corrected chi connectivity index (χ2v) is 3.54. The number of ether oxygens (including phenoxy) is 1. The molecule has 0 fully saturated rings. The van der Waals surface area contributed by atoms with Crippen LogP contribution >= 0.6 is 0 Å². The van der Waals surface area contributed by atoms with Gasteiger partial charge in [0.15, 0.2) is 0 Å². The molecule has 0 N–H and O–H groups in total. The van der Waals surface area contributed by atoms with Crippen LogP contribution < -0.4 is 9.64 Å². The molecule has 0 aromatic heterocycles. The molecule has 1 rings (SSSR count). The lowest BCUT2D eigenvalue weighted by molar-refractivity contribution is -0.274. The summed E-state index contributed by atoms with van der Waals surface area (Å²) < 4.78 is 39.2. The first kappa shape index (κ1) is 20.2. The van der Waals surface area contributed by atoms with Gasteiger partial charge in [0.1, 0.15) is 5.75 Å². The quantitative estimate of drug-likeness (QED) is 0.738. The molecular formula is C15H20F3NO. The summed E-state index contributed by atoms with van der Waals surface area (Å²) in [6, 6.07) is 5.54. The third-order valence-corrected chi connectivity index (χ3v) is 1.75. The van der Waals surface area contributed by atoms with E-state index < -0.39 is 6.36 Å². The van der Waals surface area contributed by atoms with Gasteiger partial charge in [0, 0.05) is 12.7 Å². The molecule has 0 spiro atoms. The summed E-state index contributed by atoms with van der Waals surface area (Å²) in [5, 5.41) is 0. The maximum Gasteiger partial charge on any atom is 0.573 e. The molecule has 0 amide bonds. The molecule has 1 aromatic rings. The van der Waals surface area contributed by atoms with Crippen molar-refractivity contribution in [1.82, 2.24) is 0 Å². The van der Waals surface area contributed by atoms with Gasteiger partial charge in [-0.3, -0.25) is 0 Å². The lowest BCUT2D eigenvalue weighted by Crippen LogP contribution is -2.17. The van der Waals surface area contributed by atoms with E-state index in [1.54, 1.807) is 18.1 Å². The van der Waals surface area contributed by atoms with E-state index in [9.17, 15) is 13.2 Å². The van der Waals surface area contributed by atoms with Crippen LogP contribution in [0.25, 0.3) is 0 Å². The Morgan fingerprint density at radius 2 is 1.60 bits per heavy atom. The van der Waals surface area contributed by atoms with Crippen molar-refractivity contribution in [3.63, 3.8) is 0 Å². The maximum absolute atomic E-state index is 11.8. The molecule has 5 heteroatoms. The fraction of sp³-hybridized carbons (Fsp3) is 0.333. The minimum Gasteiger partial charge on any atom is -0.406 e. The molecule has 1 aromatic carbocycles. The van der Waals surface area contributed by atoms with Crippen LogP contribution in [0.2, 0.25) is 0 Å². The van der Waals surface area contributed by atoms with Crippen molar-refractivity contribution >= 4 is 5.69 Å². The SMILES string of the molecule is C#C.C=CN(C)c1ccc(OC(F)(F)F)cc1.CCC. The number of rotatable bonds is 3. The number of alkyl halides is 3. The van der Waals surface area contributed by atoms with Gasteiger partial charge >= 0.3 is 6.36 Å². The van der Waals surface area contributed by atoms with Gasteiger partial charge in [-0.1, -0.05) is 26.8 Å². The van der Waals surface area contributed by atoms with E-state index in [0.717, 1.165) is 5.69 Å². The number of hydrogen-bond acceptors (Lipinski definition) is 2. The Hall–Kier alpha value is -2.09. The molecular weight excluding hydrogens is 267 g/mol. The van der Waals surface area contributed by atoms with Crippen molar-refractivity contribution in [2.75, 3.05) is 11.9 Å². The van der Waals surface area contributed by atoms with Crippen LogP contribution in [-0.2, 0) is 0 Å². The van der Waals surface area contributed by atoms with E-state index in [0.29, 0.717) is 0 Å². The monoisotopic (exact) mass is 287 g/mol. The summed E-state index contributed by atoms with van der Waals surface area (Å²) in [6.07, 6.45) is 6.16. The predicted octanol–water partition coefficient (Wildman–Crippen LogP) is 4.83. The first-order valence-electron chi connectivity index (χ1n) is 5.88. The molecule has 0 aliphatic rings. The van der Waals surface area contributed by atoms with Gasteiger partial charge in [0.2, 0.25) is 0 Å². The van der Waals surface area contributed by atoms with Crippen molar-refractivity contribution in [3.8, 4) is 18.6 Å². The Bertz CT molecular complexity index is 382. The minimum atomic E-state index is -4.65. The largest absolute Gasteiger partial charge is 0.573 e. The number of benzene rings is 1. The Kier molecular flexibility index (Phi) is 10.9. The van der Waals surface area contributed by atoms with Gasteiger partial charge in [-0.2, -0.15) is 0 Å². The zero-order valence-electron chi connectivity index (χ0n) is 11.9. The Labute approximate surface area is 118 Å². The fourth-order valence-electron chi connectivity index (χ4n) is 0.988. The molecule has 0 radical (unpaired) electrons. The van der Waals surface area contributed by atoms with Gasteiger partial charge < -0.3 is 9.64 Å². The minimum absolute atomic E-state index is 0.233. The van der Waals surface area contributed by atoms with Crippen molar-refractivity contribution in [2.45, 2.75) is 26.6 Å². The number of hydrogen-bond donors (Lipinski definition) is 0. The number of nitrogens with zero attached hydrogens (tertiary/aromatic N) is 1. The van der Waals surface area contributed by atoms with Crippen LogP contribution in [0.3, 0.4) is 0 Å². The molecule has 0 saturated carbocycles. The van der Waals surface area contributed by atoms with Crippen molar-refractivity contribution in [1.29, 1.82) is 0 Å². The summed E-state index contributed by atoms with van der Waals surface area (Å²) in [4.78, 5) is 1.68. The van der Waals surface area contributed by atoms with Crippen molar-refractivity contribution in [2.24, 2.45) is 0 Å². The van der Waals surface area contributed by atoms with E-state index in [1.807, 2.05) is 0 Å². The summed E-state index contributed by atoms with van der Waals surface area (Å²) in [5.41, 5.74) is 0.736. The van der Waals surface area contributed by atoms with Crippen LogP contribution in [0.1, 0.15) is 20.3 Å². The first-order chi connectivity index (χ1) is 9.34. The topological polar surface area (TPSA) is 12.5 Å². The molecule has 0 saturated heterocycles. The van der Waals surface area contributed by atoms with Crippen molar-refractivity contribution in [3.05, 3.63) is 37.0 Å². The molecule has 0 heterocycles. The Morgan fingerprint density at radius 3 is 1.90 bits per heavy atom. The number of halogens is 3. The lowest BCUT2D eigenvalue weighted by atomic mass is 10.3. The molecule has 20 heavy (non-hydrogen) atoms. The Balaban J connectivity index is 0. The average Bonchev–Trinajstić information content (AvgIpc) is 2.40. The second kappa shape index (κ2) is 10.8. The van der Waals surface area contributed by atoms with Gasteiger partial charge in [-0.15, -0.1) is 26.0 Å². The summed E-state index contributed by atoms with van der Waals surface area (Å²) in [5.74, 6) is -0.233.